The Labute approximate surface area is 124 Å². The smallest absolute Gasteiger partial charge is 0.0710 e. The first-order valence-corrected chi connectivity index (χ1v) is 7.66. The normalized spacial score (nSPS) is 22.3. The van der Waals surface area contributed by atoms with Crippen molar-refractivity contribution in [1.29, 1.82) is 0 Å². The lowest BCUT2D eigenvalue weighted by Crippen LogP contribution is -2.33. The van der Waals surface area contributed by atoms with Crippen molar-refractivity contribution in [2.75, 3.05) is 6.54 Å². The average molecular weight is 286 g/mol. The summed E-state index contributed by atoms with van der Waals surface area (Å²) in [5, 5.41) is 20.6. The van der Waals surface area contributed by atoms with E-state index in [1.165, 1.54) is 6.42 Å². The van der Waals surface area contributed by atoms with Gasteiger partial charge in [-0.15, -0.1) is 0 Å². The van der Waals surface area contributed by atoms with Gasteiger partial charge in [-0.1, -0.05) is 12.8 Å². The van der Waals surface area contributed by atoms with Crippen molar-refractivity contribution in [1.82, 2.24) is 20.5 Å². The fourth-order valence-electron chi connectivity index (χ4n) is 3.02. The summed E-state index contributed by atoms with van der Waals surface area (Å²) in [6, 6.07) is 3.95. The van der Waals surface area contributed by atoms with Crippen molar-refractivity contribution < 1.29 is 5.11 Å². The van der Waals surface area contributed by atoms with E-state index in [9.17, 15) is 5.11 Å². The highest BCUT2D eigenvalue weighted by molar-refractivity contribution is 5.61. The zero-order chi connectivity index (χ0) is 14.5. The first-order valence-electron chi connectivity index (χ1n) is 7.66. The van der Waals surface area contributed by atoms with Gasteiger partial charge in [0, 0.05) is 36.6 Å². The van der Waals surface area contributed by atoms with Gasteiger partial charge in [-0.3, -0.25) is 10.1 Å². The zero-order valence-corrected chi connectivity index (χ0v) is 12.1. The van der Waals surface area contributed by atoms with Crippen LogP contribution in [-0.4, -0.2) is 32.9 Å². The van der Waals surface area contributed by atoms with Crippen molar-refractivity contribution in [3.8, 4) is 11.3 Å². The quantitative estimate of drug-likeness (QED) is 0.787. The molecular formula is C16H22N4O. The third-order valence-electron chi connectivity index (χ3n) is 4.26. The Kier molecular flexibility index (Phi) is 4.62. The second-order valence-corrected chi connectivity index (χ2v) is 5.75. The summed E-state index contributed by atoms with van der Waals surface area (Å²) in [6.07, 6.45) is 9.76. The number of pyridine rings is 1. The maximum absolute atomic E-state index is 9.99. The Morgan fingerprint density at radius 2 is 2.19 bits per heavy atom. The monoisotopic (exact) mass is 286 g/mol. The molecule has 1 aliphatic rings. The van der Waals surface area contributed by atoms with Gasteiger partial charge in [-0.2, -0.15) is 5.10 Å². The molecule has 1 saturated carbocycles. The molecule has 0 saturated heterocycles. The molecule has 1 fully saturated rings. The topological polar surface area (TPSA) is 73.8 Å². The van der Waals surface area contributed by atoms with E-state index in [1.54, 1.807) is 6.20 Å². The second-order valence-electron chi connectivity index (χ2n) is 5.75. The minimum Gasteiger partial charge on any atom is -0.393 e. The highest BCUT2D eigenvalue weighted by Crippen LogP contribution is 2.24. The summed E-state index contributed by atoms with van der Waals surface area (Å²) in [7, 11) is 0. The van der Waals surface area contributed by atoms with E-state index in [1.807, 2.05) is 24.5 Å². The number of hydrogen-bond donors (Lipinski definition) is 3. The van der Waals surface area contributed by atoms with Crippen LogP contribution >= 0.6 is 0 Å². The highest BCUT2D eigenvalue weighted by Gasteiger charge is 2.22. The van der Waals surface area contributed by atoms with Crippen LogP contribution in [0.5, 0.6) is 0 Å². The van der Waals surface area contributed by atoms with E-state index in [0.29, 0.717) is 5.92 Å². The standard InChI is InChI=1S/C16H22N4O/c21-15-6-2-1-4-12(15)8-18-10-14-11-19-20-16(14)13-5-3-7-17-9-13/h3,5,7,9,11-12,15,18,21H,1-2,4,6,8,10H2,(H,19,20). The Balaban J connectivity index is 1.58. The van der Waals surface area contributed by atoms with Crippen molar-refractivity contribution in [2.45, 2.75) is 38.3 Å². The van der Waals surface area contributed by atoms with E-state index in [0.717, 1.165) is 49.2 Å². The van der Waals surface area contributed by atoms with Crippen LogP contribution in [0.4, 0.5) is 0 Å². The van der Waals surface area contributed by atoms with E-state index >= 15 is 0 Å². The molecule has 3 rings (SSSR count). The van der Waals surface area contributed by atoms with Crippen LogP contribution in [0.1, 0.15) is 31.2 Å². The van der Waals surface area contributed by atoms with Gasteiger partial charge in [-0.05, 0) is 30.9 Å². The van der Waals surface area contributed by atoms with Gasteiger partial charge in [0.1, 0.15) is 0 Å². The van der Waals surface area contributed by atoms with Crippen molar-refractivity contribution >= 4 is 0 Å². The lowest BCUT2D eigenvalue weighted by molar-refractivity contribution is 0.0695. The molecule has 21 heavy (non-hydrogen) atoms. The summed E-state index contributed by atoms with van der Waals surface area (Å²) in [6.45, 7) is 1.61. The van der Waals surface area contributed by atoms with Crippen LogP contribution in [0.15, 0.2) is 30.7 Å². The molecule has 2 atom stereocenters. The molecule has 0 amide bonds. The molecule has 1 aliphatic carbocycles. The number of hydrogen-bond acceptors (Lipinski definition) is 4. The second kappa shape index (κ2) is 6.83. The Hall–Kier alpha value is -1.72. The fraction of sp³-hybridized carbons (Fsp3) is 0.500. The summed E-state index contributed by atoms with van der Waals surface area (Å²) < 4.78 is 0. The third-order valence-corrected chi connectivity index (χ3v) is 4.26. The first kappa shape index (κ1) is 14.2. The molecule has 2 unspecified atom stereocenters. The van der Waals surface area contributed by atoms with E-state index in [-0.39, 0.29) is 6.10 Å². The summed E-state index contributed by atoms with van der Waals surface area (Å²) in [5.41, 5.74) is 3.19. The van der Waals surface area contributed by atoms with Gasteiger partial charge >= 0.3 is 0 Å². The van der Waals surface area contributed by atoms with Crippen molar-refractivity contribution in [3.63, 3.8) is 0 Å². The Bertz CT molecular complexity index is 554. The minimum absolute atomic E-state index is 0.145. The largest absolute Gasteiger partial charge is 0.393 e. The van der Waals surface area contributed by atoms with E-state index < -0.39 is 0 Å². The summed E-state index contributed by atoms with van der Waals surface area (Å²) in [5.74, 6) is 0.382. The maximum atomic E-state index is 9.99. The predicted octanol–water partition coefficient (Wildman–Crippen LogP) is 2.11. The number of nitrogens with one attached hydrogen (secondary N) is 2. The van der Waals surface area contributed by atoms with Gasteiger partial charge in [0.25, 0.3) is 0 Å². The van der Waals surface area contributed by atoms with Crippen LogP contribution in [0, 0.1) is 5.92 Å². The molecule has 0 spiro atoms. The molecule has 0 aromatic carbocycles. The van der Waals surface area contributed by atoms with Gasteiger partial charge in [0.05, 0.1) is 18.0 Å². The number of aliphatic hydroxyl groups excluding tert-OH is 1. The van der Waals surface area contributed by atoms with E-state index in [2.05, 4.69) is 20.5 Å². The Morgan fingerprint density at radius 3 is 3.00 bits per heavy atom. The van der Waals surface area contributed by atoms with Gasteiger partial charge in [0.15, 0.2) is 0 Å². The molecule has 5 heteroatoms. The lowest BCUT2D eigenvalue weighted by Gasteiger charge is -2.27. The summed E-state index contributed by atoms with van der Waals surface area (Å²) >= 11 is 0. The number of nitrogens with zero attached hydrogens (tertiary/aromatic N) is 2. The van der Waals surface area contributed by atoms with Crippen LogP contribution in [-0.2, 0) is 6.54 Å². The number of aromatic nitrogens is 3. The molecule has 0 radical (unpaired) electrons. The average Bonchev–Trinajstić information content (AvgIpc) is 2.99. The molecule has 3 N–H and O–H groups in total. The molecule has 112 valence electrons. The molecule has 0 aliphatic heterocycles. The van der Waals surface area contributed by atoms with Gasteiger partial charge in [0.2, 0.25) is 0 Å². The van der Waals surface area contributed by atoms with Gasteiger partial charge in [-0.25, -0.2) is 0 Å². The molecule has 2 aromatic heterocycles. The van der Waals surface area contributed by atoms with Crippen LogP contribution < -0.4 is 5.32 Å². The summed E-state index contributed by atoms with van der Waals surface area (Å²) in [4.78, 5) is 4.14. The molecule has 5 nitrogen and oxygen atoms in total. The van der Waals surface area contributed by atoms with Gasteiger partial charge < -0.3 is 10.4 Å². The number of H-pyrrole nitrogens is 1. The van der Waals surface area contributed by atoms with E-state index in [4.69, 9.17) is 0 Å². The number of rotatable bonds is 5. The van der Waals surface area contributed by atoms with Crippen LogP contribution in [0.3, 0.4) is 0 Å². The van der Waals surface area contributed by atoms with Crippen LogP contribution in [0.25, 0.3) is 11.3 Å². The predicted molar refractivity (Wildman–Crippen MR) is 81.5 cm³/mol. The van der Waals surface area contributed by atoms with Crippen LogP contribution in [0.2, 0.25) is 0 Å². The number of aromatic amines is 1. The molecular weight excluding hydrogens is 264 g/mol. The molecule has 2 aromatic rings. The molecule has 0 bridgehead atoms. The zero-order valence-electron chi connectivity index (χ0n) is 12.1. The fourth-order valence-corrected chi connectivity index (χ4v) is 3.02. The molecule has 2 heterocycles. The maximum Gasteiger partial charge on any atom is 0.0710 e. The van der Waals surface area contributed by atoms with Crippen molar-refractivity contribution in [2.24, 2.45) is 5.92 Å². The highest BCUT2D eigenvalue weighted by atomic mass is 16.3. The third kappa shape index (κ3) is 3.49. The first-order chi connectivity index (χ1) is 10.3. The lowest BCUT2D eigenvalue weighted by atomic mass is 9.86. The number of aliphatic hydroxyl groups is 1. The SMILES string of the molecule is OC1CCCCC1CNCc1cn[nH]c1-c1cccnc1. The minimum atomic E-state index is -0.145. The van der Waals surface area contributed by atoms with Crippen molar-refractivity contribution in [3.05, 3.63) is 36.3 Å². The Morgan fingerprint density at radius 1 is 1.29 bits per heavy atom.